The summed E-state index contributed by atoms with van der Waals surface area (Å²) in [6.07, 6.45) is 8.09. The zero-order valence-corrected chi connectivity index (χ0v) is 21.3. The van der Waals surface area contributed by atoms with Gasteiger partial charge in [-0.25, -0.2) is 9.18 Å². The van der Waals surface area contributed by atoms with Crippen LogP contribution in [0.2, 0.25) is 0 Å². The molecule has 0 spiro atoms. The molecule has 0 amide bonds. The maximum Gasteiger partial charge on any atom is 0.419 e. The van der Waals surface area contributed by atoms with E-state index in [4.69, 9.17) is 4.74 Å². The molecule has 4 rings (SSSR count). The topological polar surface area (TPSA) is 26.3 Å². The molecule has 1 aliphatic rings. The maximum absolute atomic E-state index is 14.3. The third-order valence-corrected chi connectivity index (χ3v) is 7.62. The summed E-state index contributed by atoms with van der Waals surface area (Å²) >= 11 is 0. The van der Waals surface area contributed by atoms with Gasteiger partial charge in [-0.3, -0.25) is 0 Å². The molecule has 2 nitrogen and oxygen atoms in total. The first-order valence-electron chi connectivity index (χ1n) is 13.4. The molecule has 3 aromatic carbocycles. The van der Waals surface area contributed by atoms with Gasteiger partial charge in [-0.1, -0.05) is 63.6 Å². The Morgan fingerprint density at radius 1 is 0.892 bits per heavy atom. The van der Waals surface area contributed by atoms with E-state index in [1.165, 1.54) is 94.0 Å². The third-order valence-electron chi connectivity index (χ3n) is 7.62. The van der Waals surface area contributed by atoms with Gasteiger partial charge in [0, 0.05) is 5.39 Å². The molecule has 3 aromatic rings. The van der Waals surface area contributed by atoms with E-state index in [1.807, 2.05) is 12.1 Å². The largest absolute Gasteiger partial charge is 0.423 e. The van der Waals surface area contributed by atoms with Crippen LogP contribution in [-0.4, -0.2) is 5.97 Å². The van der Waals surface area contributed by atoms with Crippen molar-refractivity contribution in [1.82, 2.24) is 0 Å². The van der Waals surface area contributed by atoms with E-state index >= 15 is 0 Å². The van der Waals surface area contributed by atoms with Crippen LogP contribution >= 0.6 is 0 Å². The maximum atomic E-state index is 14.3. The summed E-state index contributed by atoms with van der Waals surface area (Å²) in [4.78, 5) is 12.7. The second kappa shape index (κ2) is 12.1. The van der Waals surface area contributed by atoms with Crippen LogP contribution in [0.4, 0.5) is 17.6 Å². The Morgan fingerprint density at radius 2 is 1.59 bits per heavy atom. The summed E-state index contributed by atoms with van der Waals surface area (Å²) in [6, 6.07) is 13.2. The van der Waals surface area contributed by atoms with Crippen LogP contribution in [0.5, 0.6) is 5.75 Å². The molecule has 0 bridgehead atoms. The normalized spacial score (nSPS) is 18.2. The first kappa shape index (κ1) is 27.2. The molecule has 0 atom stereocenters. The van der Waals surface area contributed by atoms with Crippen LogP contribution < -0.4 is 4.74 Å². The van der Waals surface area contributed by atoms with E-state index in [1.54, 1.807) is 12.1 Å². The Labute approximate surface area is 216 Å². The number of rotatable bonds is 9. The number of halogens is 4. The van der Waals surface area contributed by atoms with Crippen molar-refractivity contribution in [3.63, 3.8) is 0 Å². The van der Waals surface area contributed by atoms with Crippen LogP contribution in [0.25, 0.3) is 10.8 Å². The predicted molar refractivity (Wildman–Crippen MR) is 138 cm³/mol. The van der Waals surface area contributed by atoms with Gasteiger partial charge < -0.3 is 4.74 Å². The highest BCUT2D eigenvalue weighted by molar-refractivity contribution is 5.92. The molecular formula is C31H34F4O2. The lowest BCUT2D eigenvalue weighted by Gasteiger charge is -2.29. The summed E-state index contributed by atoms with van der Waals surface area (Å²) in [6.45, 7) is 2.24. The van der Waals surface area contributed by atoms with Crippen molar-refractivity contribution < 1.29 is 27.1 Å². The zero-order valence-electron chi connectivity index (χ0n) is 21.3. The fourth-order valence-electron chi connectivity index (χ4n) is 5.43. The fraction of sp³-hybridized carbons (Fsp3) is 0.452. The van der Waals surface area contributed by atoms with E-state index in [0.29, 0.717) is 17.5 Å². The molecule has 0 heterocycles. The highest BCUT2D eigenvalue weighted by atomic mass is 19.4. The summed E-state index contributed by atoms with van der Waals surface area (Å²) in [5.74, 6) is -0.403. The molecule has 6 heteroatoms. The van der Waals surface area contributed by atoms with Gasteiger partial charge in [0.25, 0.3) is 0 Å². The lowest BCUT2D eigenvalue weighted by Crippen LogP contribution is -2.14. The van der Waals surface area contributed by atoms with Gasteiger partial charge in [0.1, 0.15) is 11.6 Å². The van der Waals surface area contributed by atoms with Gasteiger partial charge in [-0.05, 0) is 84.9 Å². The number of unbranched alkanes of at least 4 members (excludes halogenated alkanes) is 4. The third kappa shape index (κ3) is 6.91. The molecule has 0 aromatic heterocycles. The summed E-state index contributed by atoms with van der Waals surface area (Å²) in [5.41, 5.74) is 0.309. The molecule has 37 heavy (non-hydrogen) atoms. The zero-order chi connectivity index (χ0) is 26.4. The standard InChI is InChI=1S/C31H34F4O2/c1-2-3-4-5-6-7-21-8-10-22(11-9-21)23-12-14-24(15-13-23)30(36)37-26-17-18-27-25(20-26)16-19-28(29(27)32)31(33,34)35/h12-22H,2-11H2,1H3. The van der Waals surface area contributed by atoms with E-state index < -0.39 is 23.5 Å². The van der Waals surface area contributed by atoms with Crippen LogP contribution in [0, 0.1) is 11.7 Å². The van der Waals surface area contributed by atoms with E-state index in [0.717, 1.165) is 5.92 Å². The number of alkyl halides is 3. The summed E-state index contributed by atoms with van der Waals surface area (Å²) < 4.78 is 58.6. The van der Waals surface area contributed by atoms with Crippen molar-refractivity contribution in [2.75, 3.05) is 0 Å². The predicted octanol–water partition coefficient (Wildman–Crippen LogP) is 9.85. The Hall–Kier alpha value is -2.89. The molecular weight excluding hydrogens is 480 g/mol. The van der Waals surface area contributed by atoms with Crippen molar-refractivity contribution >= 4 is 16.7 Å². The van der Waals surface area contributed by atoms with Crippen molar-refractivity contribution in [3.8, 4) is 5.75 Å². The Morgan fingerprint density at radius 3 is 2.27 bits per heavy atom. The van der Waals surface area contributed by atoms with E-state index in [-0.39, 0.29) is 16.5 Å². The minimum Gasteiger partial charge on any atom is -0.423 e. The number of esters is 1. The lowest BCUT2D eigenvalue weighted by atomic mass is 9.77. The van der Waals surface area contributed by atoms with Crippen LogP contribution in [-0.2, 0) is 6.18 Å². The van der Waals surface area contributed by atoms with Gasteiger partial charge in [-0.2, -0.15) is 13.2 Å². The second-order valence-corrected chi connectivity index (χ2v) is 10.2. The lowest BCUT2D eigenvalue weighted by molar-refractivity contribution is -0.139. The van der Waals surface area contributed by atoms with E-state index in [9.17, 15) is 22.4 Å². The summed E-state index contributed by atoms with van der Waals surface area (Å²) in [7, 11) is 0. The molecule has 0 radical (unpaired) electrons. The van der Waals surface area contributed by atoms with Gasteiger partial charge >= 0.3 is 12.1 Å². The highest BCUT2D eigenvalue weighted by Crippen LogP contribution is 2.38. The number of carbonyl (C=O) groups is 1. The van der Waals surface area contributed by atoms with Crippen LogP contribution in [0.1, 0.15) is 98.5 Å². The van der Waals surface area contributed by atoms with Crippen molar-refractivity contribution in [1.29, 1.82) is 0 Å². The van der Waals surface area contributed by atoms with Gasteiger partial charge in [0.05, 0.1) is 11.1 Å². The quantitative estimate of drug-likeness (QED) is 0.123. The average molecular weight is 515 g/mol. The summed E-state index contributed by atoms with van der Waals surface area (Å²) in [5, 5.41) is 0.0490. The van der Waals surface area contributed by atoms with Gasteiger partial charge in [0.2, 0.25) is 0 Å². The van der Waals surface area contributed by atoms with Crippen LogP contribution in [0.3, 0.4) is 0 Å². The van der Waals surface area contributed by atoms with Crippen molar-refractivity contribution in [3.05, 3.63) is 77.1 Å². The van der Waals surface area contributed by atoms with Crippen molar-refractivity contribution in [2.24, 2.45) is 5.92 Å². The number of carbonyl (C=O) groups excluding carboxylic acids is 1. The fourth-order valence-corrected chi connectivity index (χ4v) is 5.43. The SMILES string of the molecule is CCCCCCCC1CCC(c2ccc(C(=O)Oc3ccc4c(F)c(C(F)(F)F)ccc4c3)cc2)CC1. The molecule has 1 aliphatic carbocycles. The van der Waals surface area contributed by atoms with E-state index in [2.05, 4.69) is 6.92 Å². The van der Waals surface area contributed by atoms with Gasteiger partial charge in [0.15, 0.2) is 0 Å². The highest BCUT2D eigenvalue weighted by Gasteiger charge is 2.34. The number of hydrogen-bond acceptors (Lipinski definition) is 2. The molecule has 1 saturated carbocycles. The minimum absolute atomic E-state index is 0.147. The first-order chi connectivity index (χ1) is 17.8. The number of benzene rings is 3. The average Bonchev–Trinajstić information content (AvgIpc) is 2.88. The van der Waals surface area contributed by atoms with Crippen molar-refractivity contribution in [2.45, 2.75) is 83.2 Å². The monoisotopic (exact) mass is 514 g/mol. The molecule has 0 saturated heterocycles. The molecule has 0 unspecified atom stereocenters. The molecule has 198 valence electrons. The number of hydrogen-bond donors (Lipinski definition) is 0. The first-order valence-corrected chi connectivity index (χ1v) is 13.4. The minimum atomic E-state index is -4.78. The number of fused-ring (bicyclic) bond motifs is 1. The Bertz CT molecular complexity index is 1190. The number of ether oxygens (including phenoxy) is 1. The van der Waals surface area contributed by atoms with Crippen LogP contribution in [0.15, 0.2) is 54.6 Å². The Balaban J connectivity index is 1.32. The molecule has 0 N–H and O–H groups in total. The Kier molecular flexibility index (Phi) is 8.88. The molecule has 1 fully saturated rings. The smallest absolute Gasteiger partial charge is 0.419 e. The second-order valence-electron chi connectivity index (χ2n) is 10.2. The molecule has 0 aliphatic heterocycles. The van der Waals surface area contributed by atoms with Gasteiger partial charge in [-0.15, -0.1) is 0 Å².